The minimum atomic E-state index is -0.919. The normalized spacial score (nSPS) is 39.5. The van der Waals surface area contributed by atoms with E-state index in [1.807, 2.05) is 0 Å². The zero-order valence-corrected chi connectivity index (χ0v) is 6.88. The Hall–Kier alpha value is -0.770. The third kappa shape index (κ3) is 1.53. The van der Waals surface area contributed by atoms with Crippen LogP contribution in [0, 0.1) is 0 Å². The van der Waals surface area contributed by atoms with Gasteiger partial charge in [-0.1, -0.05) is 0 Å². The van der Waals surface area contributed by atoms with Crippen molar-refractivity contribution in [1.29, 1.82) is 0 Å². The van der Waals surface area contributed by atoms with Crippen LogP contribution in [0.1, 0.15) is 25.7 Å². The predicted molar refractivity (Wildman–Crippen MR) is 42.1 cm³/mol. The Labute approximate surface area is 70.9 Å². The zero-order chi connectivity index (χ0) is 8.60. The van der Waals surface area contributed by atoms with Gasteiger partial charge in [-0.05, 0) is 25.7 Å². The molecule has 2 N–H and O–H groups in total. The fraction of sp³-hybridized carbons (Fsp3) is 0.875. The van der Waals surface area contributed by atoms with E-state index in [1.54, 1.807) is 0 Å². The lowest BCUT2D eigenvalue weighted by Gasteiger charge is -2.26. The molecule has 1 saturated carbocycles. The number of amides is 1. The molecule has 1 saturated heterocycles. The summed E-state index contributed by atoms with van der Waals surface area (Å²) in [6.07, 6.45) is 3.07. The van der Waals surface area contributed by atoms with Gasteiger partial charge in [0.2, 0.25) is 0 Å². The molecule has 0 radical (unpaired) electrons. The first-order valence-corrected chi connectivity index (χ1v) is 4.34. The van der Waals surface area contributed by atoms with Crippen molar-refractivity contribution in [1.82, 2.24) is 5.32 Å². The summed E-state index contributed by atoms with van der Waals surface area (Å²) in [5.74, 6) is 0. The number of carboxylic acid groups (broad SMARTS) is 1. The summed E-state index contributed by atoms with van der Waals surface area (Å²) in [6, 6.07) is 0.110. The molecule has 2 fully saturated rings. The summed E-state index contributed by atoms with van der Waals surface area (Å²) in [5.41, 5.74) is 0.0609. The van der Waals surface area contributed by atoms with Gasteiger partial charge in [-0.2, -0.15) is 0 Å². The molecule has 0 aromatic carbocycles. The molecular weight excluding hydrogens is 158 g/mol. The lowest BCUT2D eigenvalue weighted by Crippen LogP contribution is -2.40. The van der Waals surface area contributed by atoms with Crippen LogP contribution in [-0.4, -0.2) is 29.4 Å². The number of rotatable bonds is 1. The standard InChI is InChI=1S/C8H13NO3/c10-7(11)9-6-2-1-3-8(4-6)5-12-8/h6,9H,1-5H2,(H,10,11). The molecule has 2 atom stereocenters. The van der Waals surface area contributed by atoms with Gasteiger partial charge in [0.05, 0.1) is 12.2 Å². The molecule has 1 amide bonds. The van der Waals surface area contributed by atoms with Crippen LogP contribution in [0.15, 0.2) is 0 Å². The first-order valence-electron chi connectivity index (χ1n) is 4.34. The predicted octanol–water partition coefficient (Wildman–Crippen LogP) is 0.966. The van der Waals surface area contributed by atoms with Crippen LogP contribution in [0.25, 0.3) is 0 Å². The molecule has 4 heteroatoms. The molecule has 68 valence electrons. The van der Waals surface area contributed by atoms with Gasteiger partial charge in [0, 0.05) is 6.04 Å². The lowest BCUT2D eigenvalue weighted by molar-refractivity contribution is 0.170. The van der Waals surface area contributed by atoms with Crippen LogP contribution in [0.3, 0.4) is 0 Å². The summed E-state index contributed by atoms with van der Waals surface area (Å²) >= 11 is 0. The van der Waals surface area contributed by atoms with Crippen LogP contribution in [0.5, 0.6) is 0 Å². The van der Waals surface area contributed by atoms with E-state index >= 15 is 0 Å². The van der Waals surface area contributed by atoms with Crippen LogP contribution < -0.4 is 5.32 Å². The van der Waals surface area contributed by atoms with Gasteiger partial charge >= 0.3 is 6.09 Å². The molecule has 0 aromatic rings. The number of hydrogen-bond acceptors (Lipinski definition) is 2. The molecule has 1 heterocycles. The maximum atomic E-state index is 10.3. The average molecular weight is 171 g/mol. The molecule has 12 heavy (non-hydrogen) atoms. The molecule has 1 spiro atoms. The first-order chi connectivity index (χ1) is 5.70. The van der Waals surface area contributed by atoms with Gasteiger partial charge in [-0.15, -0.1) is 0 Å². The Morgan fingerprint density at radius 1 is 1.67 bits per heavy atom. The van der Waals surface area contributed by atoms with Gasteiger partial charge in [-0.25, -0.2) is 4.79 Å². The number of carbonyl (C=O) groups is 1. The van der Waals surface area contributed by atoms with E-state index in [2.05, 4.69) is 5.32 Å². The fourth-order valence-electron chi connectivity index (χ4n) is 1.99. The quantitative estimate of drug-likeness (QED) is 0.578. The maximum absolute atomic E-state index is 10.3. The van der Waals surface area contributed by atoms with Crippen LogP contribution in [0.2, 0.25) is 0 Å². The van der Waals surface area contributed by atoms with E-state index in [1.165, 1.54) is 0 Å². The van der Waals surface area contributed by atoms with Crippen LogP contribution in [-0.2, 0) is 4.74 Å². The fourth-order valence-corrected chi connectivity index (χ4v) is 1.99. The topological polar surface area (TPSA) is 61.9 Å². The Balaban J connectivity index is 1.86. The van der Waals surface area contributed by atoms with Crippen LogP contribution in [0.4, 0.5) is 4.79 Å². The highest BCUT2D eigenvalue weighted by Gasteiger charge is 2.48. The molecule has 0 bridgehead atoms. The highest BCUT2D eigenvalue weighted by molar-refractivity contribution is 5.64. The smallest absolute Gasteiger partial charge is 0.404 e. The van der Waals surface area contributed by atoms with Crippen molar-refractivity contribution in [3.05, 3.63) is 0 Å². The monoisotopic (exact) mass is 171 g/mol. The maximum Gasteiger partial charge on any atom is 0.404 e. The second-order valence-electron chi connectivity index (χ2n) is 3.71. The lowest BCUT2D eigenvalue weighted by atomic mass is 9.86. The van der Waals surface area contributed by atoms with Gasteiger partial charge in [-0.3, -0.25) is 0 Å². The average Bonchev–Trinajstić information content (AvgIpc) is 2.68. The van der Waals surface area contributed by atoms with Crippen molar-refractivity contribution >= 4 is 6.09 Å². The molecule has 0 aromatic heterocycles. The third-order valence-electron chi connectivity index (χ3n) is 2.68. The Morgan fingerprint density at radius 2 is 2.42 bits per heavy atom. The Kier molecular flexibility index (Phi) is 1.72. The second-order valence-corrected chi connectivity index (χ2v) is 3.71. The molecule has 4 nitrogen and oxygen atoms in total. The molecule has 2 rings (SSSR count). The van der Waals surface area contributed by atoms with Gasteiger partial charge in [0.1, 0.15) is 0 Å². The molecule has 1 aliphatic carbocycles. The van der Waals surface area contributed by atoms with Gasteiger partial charge in [0.15, 0.2) is 0 Å². The van der Waals surface area contributed by atoms with Crippen molar-refractivity contribution in [3.63, 3.8) is 0 Å². The summed E-state index contributed by atoms with van der Waals surface area (Å²) in [4.78, 5) is 10.3. The minimum Gasteiger partial charge on any atom is -0.465 e. The van der Waals surface area contributed by atoms with Crippen LogP contribution >= 0.6 is 0 Å². The van der Waals surface area contributed by atoms with E-state index in [-0.39, 0.29) is 11.6 Å². The van der Waals surface area contributed by atoms with E-state index < -0.39 is 6.09 Å². The van der Waals surface area contributed by atoms with Crippen molar-refractivity contribution < 1.29 is 14.6 Å². The van der Waals surface area contributed by atoms with Crippen molar-refractivity contribution in [2.75, 3.05) is 6.61 Å². The van der Waals surface area contributed by atoms with Gasteiger partial charge < -0.3 is 15.2 Å². The largest absolute Gasteiger partial charge is 0.465 e. The summed E-state index contributed by atoms with van der Waals surface area (Å²) in [5, 5.41) is 11.0. The summed E-state index contributed by atoms with van der Waals surface area (Å²) < 4.78 is 5.32. The Morgan fingerprint density at radius 3 is 3.00 bits per heavy atom. The van der Waals surface area contributed by atoms with E-state index in [9.17, 15) is 4.79 Å². The van der Waals surface area contributed by atoms with Crippen molar-refractivity contribution in [3.8, 4) is 0 Å². The number of nitrogens with one attached hydrogen (secondary N) is 1. The van der Waals surface area contributed by atoms with E-state index in [4.69, 9.17) is 9.84 Å². The molecule has 2 unspecified atom stereocenters. The number of epoxide rings is 1. The highest BCUT2D eigenvalue weighted by Crippen LogP contribution is 2.41. The zero-order valence-electron chi connectivity index (χ0n) is 6.88. The number of hydrogen-bond donors (Lipinski definition) is 2. The summed E-state index contributed by atoms with van der Waals surface area (Å²) in [7, 11) is 0. The molecule has 2 aliphatic rings. The molecule has 1 aliphatic heterocycles. The SMILES string of the molecule is O=C(O)NC1CCCC2(CO2)C1. The highest BCUT2D eigenvalue weighted by atomic mass is 16.6. The number of ether oxygens (including phenoxy) is 1. The van der Waals surface area contributed by atoms with Crippen molar-refractivity contribution in [2.24, 2.45) is 0 Å². The molecular formula is C8H13NO3. The van der Waals surface area contributed by atoms with E-state index in [0.29, 0.717) is 0 Å². The van der Waals surface area contributed by atoms with Gasteiger partial charge in [0.25, 0.3) is 0 Å². The van der Waals surface area contributed by atoms with Crippen molar-refractivity contribution in [2.45, 2.75) is 37.3 Å². The summed E-state index contributed by atoms with van der Waals surface area (Å²) in [6.45, 7) is 0.824. The van der Waals surface area contributed by atoms with E-state index in [0.717, 1.165) is 32.3 Å². The third-order valence-corrected chi connectivity index (χ3v) is 2.68. The Bertz CT molecular complexity index is 200. The minimum absolute atomic E-state index is 0.0609. The second kappa shape index (κ2) is 2.62. The first kappa shape index (κ1) is 7.86.